The van der Waals surface area contributed by atoms with Crippen molar-refractivity contribution in [3.8, 4) is 17.1 Å². The zero-order valence-electron chi connectivity index (χ0n) is 17.0. The molecule has 1 aromatic carbocycles. The van der Waals surface area contributed by atoms with Crippen LogP contribution in [0.25, 0.3) is 11.3 Å². The number of hydrogen-bond donors (Lipinski definition) is 0. The van der Waals surface area contributed by atoms with Crippen LogP contribution in [0.5, 0.6) is 5.75 Å². The molecule has 2 aromatic heterocycles. The van der Waals surface area contributed by atoms with Gasteiger partial charge in [0.15, 0.2) is 5.76 Å². The maximum Gasteiger partial charge on any atom is 0.259 e. The summed E-state index contributed by atoms with van der Waals surface area (Å²) in [5.74, 6) is 1.96. The minimum absolute atomic E-state index is 0.0536. The van der Waals surface area contributed by atoms with Gasteiger partial charge in [-0.1, -0.05) is 23.2 Å². The van der Waals surface area contributed by atoms with Crippen molar-refractivity contribution in [2.75, 3.05) is 13.7 Å². The molecule has 7 heteroatoms. The number of methoxy groups -OCH3 is 1. The summed E-state index contributed by atoms with van der Waals surface area (Å²) in [6.45, 7) is 4.25. The summed E-state index contributed by atoms with van der Waals surface area (Å²) in [5.41, 5.74) is 2.87. The normalized spacial score (nSPS) is 17.2. The van der Waals surface area contributed by atoms with Crippen LogP contribution in [0.2, 0.25) is 0 Å². The summed E-state index contributed by atoms with van der Waals surface area (Å²) < 4.78 is 16.1. The predicted molar refractivity (Wildman–Crippen MR) is 107 cm³/mol. The highest BCUT2D eigenvalue weighted by Crippen LogP contribution is 2.34. The molecule has 1 atom stereocenters. The Morgan fingerprint density at radius 3 is 2.59 bits per heavy atom. The zero-order valence-corrected chi connectivity index (χ0v) is 17.0. The van der Waals surface area contributed by atoms with E-state index in [0.29, 0.717) is 29.3 Å². The van der Waals surface area contributed by atoms with Crippen molar-refractivity contribution in [3.05, 3.63) is 53.0 Å². The highest BCUT2D eigenvalue weighted by Gasteiger charge is 2.32. The number of carbonyl (C=O) groups is 1. The first kappa shape index (κ1) is 19.2. The number of likely N-dealkylation sites (tertiary alicyclic amines) is 1. The van der Waals surface area contributed by atoms with Gasteiger partial charge in [-0.05, 0) is 51.0 Å². The Balaban J connectivity index is 1.64. The number of ether oxygens (including phenoxy) is 1. The van der Waals surface area contributed by atoms with Crippen molar-refractivity contribution < 1.29 is 18.6 Å². The van der Waals surface area contributed by atoms with Gasteiger partial charge >= 0.3 is 0 Å². The Hall–Kier alpha value is -3.09. The number of hydrogen-bond acceptors (Lipinski definition) is 6. The molecule has 4 rings (SSSR count). The molecule has 1 aliphatic heterocycles. The van der Waals surface area contributed by atoms with Crippen LogP contribution in [0, 0.1) is 13.8 Å². The van der Waals surface area contributed by atoms with Gasteiger partial charge in [-0.15, -0.1) is 0 Å². The van der Waals surface area contributed by atoms with Crippen LogP contribution in [0.4, 0.5) is 0 Å². The molecular weight excluding hydrogens is 370 g/mol. The van der Waals surface area contributed by atoms with Crippen molar-refractivity contribution in [2.45, 2.75) is 45.6 Å². The fraction of sp³-hybridized carbons (Fsp3) is 0.409. The van der Waals surface area contributed by atoms with Gasteiger partial charge in [-0.2, -0.15) is 0 Å². The van der Waals surface area contributed by atoms with E-state index >= 15 is 0 Å². The Bertz CT molecular complexity index is 970. The lowest BCUT2D eigenvalue weighted by molar-refractivity contribution is 0.0671. The minimum atomic E-state index is -0.130. The second-order valence-corrected chi connectivity index (χ2v) is 7.41. The van der Waals surface area contributed by atoms with E-state index in [9.17, 15) is 4.79 Å². The van der Waals surface area contributed by atoms with Crippen LogP contribution in [-0.4, -0.2) is 34.8 Å². The SMILES string of the molecule is COc1ccc(-c2cc(C3CCCCCN3C(=O)c3c(C)noc3C)no2)cc1. The molecule has 0 saturated carbocycles. The zero-order chi connectivity index (χ0) is 20.4. The highest BCUT2D eigenvalue weighted by atomic mass is 16.5. The molecular formula is C22H25N3O4. The van der Waals surface area contributed by atoms with Gasteiger partial charge in [-0.3, -0.25) is 4.79 Å². The number of carbonyl (C=O) groups excluding carboxylic acids is 1. The minimum Gasteiger partial charge on any atom is -0.497 e. The first-order valence-electron chi connectivity index (χ1n) is 9.93. The molecule has 1 saturated heterocycles. The Morgan fingerprint density at radius 2 is 1.90 bits per heavy atom. The van der Waals surface area contributed by atoms with E-state index in [0.717, 1.165) is 42.7 Å². The standard InChI is InChI=1S/C22H25N3O4/c1-14-21(15(2)28-23-14)22(26)25-12-6-4-5-7-19(25)18-13-20(29-24-18)16-8-10-17(27-3)11-9-16/h8-11,13,19H,4-7,12H2,1-3H3. The molecule has 0 N–H and O–H groups in total. The largest absolute Gasteiger partial charge is 0.497 e. The van der Waals surface area contributed by atoms with Gasteiger partial charge < -0.3 is 18.7 Å². The molecule has 1 fully saturated rings. The van der Waals surface area contributed by atoms with Gasteiger partial charge in [0.05, 0.1) is 18.8 Å². The summed E-state index contributed by atoms with van der Waals surface area (Å²) >= 11 is 0. The van der Waals surface area contributed by atoms with E-state index in [1.165, 1.54) is 0 Å². The van der Waals surface area contributed by atoms with Gasteiger partial charge in [-0.25, -0.2) is 0 Å². The van der Waals surface area contributed by atoms with Crippen LogP contribution < -0.4 is 4.74 Å². The van der Waals surface area contributed by atoms with Crippen molar-refractivity contribution in [3.63, 3.8) is 0 Å². The van der Waals surface area contributed by atoms with E-state index in [1.807, 2.05) is 35.2 Å². The fourth-order valence-electron chi connectivity index (χ4n) is 3.93. The van der Waals surface area contributed by atoms with E-state index in [-0.39, 0.29) is 11.9 Å². The third-order valence-electron chi connectivity index (χ3n) is 5.51. The number of amides is 1. The average molecular weight is 395 g/mol. The molecule has 29 heavy (non-hydrogen) atoms. The van der Waals surface area contributed by atoms with Crippen LogP contribution in [0.3, 0.4) is 0 Å². The average Bonchev–Trinajstić information content (AvgIpc) is 3.26. The van der Waals surface area contributed by atoms with Crippen molar-refractivity contribution >= 4 is 5.91 Å². The van der Waals surface area contributed by atoms with Gasteiger partial charge in [0.2, 0.25) is 0 Å². The second-order valence-electron chi connectivity index (χ2n) is 7.41. The molecule has 1 aliphatic rings. The number of aryl methyl sites for hydroxylation is 2. The van der Waals surface area contributed by atoms with Crippen LogP contribution in [-0.2, 0) is 0 Å². The van der Waals surface area contributed by atoms with E-state index in [4.69, 9.17) is 13.8 Å². The van der Waals surface area contributed by atoms with E-state index in [1.54, 1.807) is 21.0 Å². The van der Waals surface area contributed by atoms with Crippen LogP contribution in [0.1, 0.15) is 59.2 Å². The van der Waals surface area contributed by atoms with E-state index < -0.39 is 0 Å². The Morgan fingerprint density at radius 1 is 1.10 bits per heavy atom. The lowest BCUT2D eigenvalue weighted by Gasteiger charge is -2.28. The van der Waals surface area contributed by atoms with Gasteiger partial charge in [0.25, 0.3) is 5.91 Å². The first-order valence-corrected chi connectivity index (χ1v) is 9.93. The molecule has 152 valence electrons. The molecule has 3 heterocycles. The predicted octanol–water partition coefficient (Wildman–Crippen LogP) is 4.71. The van der Waals surface area contributed by atoms with Crippen molar-refractivity contribution in [2.24, 2.45) is 0 Å². The van der Waals surface area contributed by atoms with E-state index in [2.05, 4.69) is 10.3 Å². The Kier molecular flexibility index (Phi) is 5.38. The third-order valence-corrected chi connectivity index (χ3v) is 5.51. The highest BCUT2D eigenvalue weighted by molar-refractivity contribution is 5.96. The monoisotopic (exact) mass is 395 g/mol. The lowest BCUT2D eigenvalue weighted by Crippen LogP contribution is -2.35. The third kappa shape index (κ3) is 3.77. The topological polar surface area (TPSA) is 81.6 Å². The molecule has 0 radical (unpaired) electrons. The number of benzene rings is 1. The quantitative estimate of drug-likeness (QED) is 0.636. The maximum atomic E-state index is 13.3. The van der Waals surface area contributed by atoms with Crippen molar-refractivity contribution in [1.82, 2.24) is 15.2 Å². The van der Waals surface area contributed by atoms with Crippen LogP contribution >= 0.6 is 0 Å². The Labute approximate surface area is 169 Å². The fourth-order valence-corrected chi connectivity index (χ4v) is 3.93. The number of aromatic nitrogens is 2. The molecule has 7 nitrogen and oxygen atoms in total. The first-order chi connectivity index (χ1) is 14.1. The summed E-state index contributed by atoms with van der Waals surface area (Å²) in [7, 11) is 1.64. The van der Waals surface area contributed by atoms with Crippen LogP contribution in [0.15, 0.2) is 39.4 Å². The lowest BCUT2D eigenvalue weighted by atomic mass is 10.0. The molecule has 1 amide bonds. The van der Waals surface area contributed by atoms with Gasteiger partial charge in [0, 0.05) is 18.2 Å². The molecule has 1 unspecified atom stereocenters. The smallest absolute Gasteiger partial charge is 0.259 e. The summed E-state index contributed by atoms with van der Waals surface area (Å²) in [6.07, 6.45) is 3.95. The summed E-state index contributed by atoms with van der Waals surface area (Å²) in [5, 5.41) is 8.26. The van der Waals surface area contributed by atoms with Crippen molar-refractivity contribution in [1.29, 1.82) is 0 Å². The summed E-state index contributed by atoms with van der Waals surface area (Å²) in [4.78, 5) is 15.2. The molecule has 0 bridgehead atoms. The molecule has 0 spiro atoms. The molecule has 0 aliphatic carbocycles. The number of rotatable bonds is 4. The maximum absolute atomic E-state index is 13.3. The summed E-state index contributed by atoms with van der Waals surface area (Å²) in [6, 6.07) is 9.44. The number of nitrogens with zero attached hydrogens (tertiary/aromatic N) is 3. The van der Waals surface area contributed by atoms with Gasteiger partial charge in [0.1, 0.15) is 22.8 Å². The second kappa shape index (κ2) is 8.11. The molecule has 3 aromatic rings.